The third kappa shape index (κ3) is 4.47. The summed E-state index contributed by atoms with van der Waals surface area (Å²) in [4.78, 5) is 6.68. The molecule has 0 atom stereocenters. The van der Waals surface area contributed by atoms with Gasteiger partial charge in [0.1, 0.15) is 5.01 Å². The molecule has 1 rings (SSSR count). The molecule has 0 bridgehead atoms. The minimum absolute atomic E-state index is 0.251. The summed E-state index contributed by atoms with van der Waals surface area (Å²) in [7, 11) is 0. The van der Waals surface area contributed by atoms with Gasteiger partial charge >= 0.3 is 0 Å². The minimum Gasteiger partial charge on any atom is -0.396 e. The Bertz CT molecular complexity index is 280. The van der Waals surface area contributed by atoms with Crippen LogP contribution < -0.4 is 0 Å². The van der Waals surface area contributed by atoms with Crippen LogP contribution in [0.1, 0.15) is 24.0 Å². The molecule has 0 spiro atoms. The molecule has 15 heavy (non-hydrogen) atoms. The van der Waals surface area contributed by atoms with Gasteiger partial charge in [0, 0.05) is 18.5 Å². The van der Waals surface area contributed by atoms with E-state index < -0.39 is 0 Å². The number of halogens is 1. The first-order valence-electron chi connectivity index (χ1n) is 5.12. The summed E-state index contributed by atoms with van der Waals surface area (Å²) in [5.41, 5.74) is 0.954. The van der Waals surface area contributed by atoms with E-state index in [0.717, 1.165) is 36.8 Å². The molecule has 0 radical (unpaired) electrons. The largest absolute Gasteiger partial charge is 0.396 e. The van der Waals surface area contributed by atoms with Gasteiger partial charge in [-0.25, -0.2) is 4.98 Å². The molecule has 5 heteroatoms. The maximum absolute atomic E-state index is 8.76. The van der Waals surface area contributed by atoms with Crippen molar-refractivity contribution >= 4 is 22.9 Å². The van der Waals surface area contributed by atoms with Crippen LogP contribution in [-0.4, -0.2) is 34.7 Å². The third-order valence-electron chi connectivity index (χ3n) is 2.17. The number of thiazole rings is 1. The van der Waals surface area contributed by atoms with Gasteiger partial charge in [0.25, 0.3) is 0 Å². The van der Waals surface area contributed by atoms with Crippen LogP contribution in [0.15, 0.2) is 5.38 Å². The van der Waals surface area contributed by atoms with Gasteiger partial charge in [-0.1, -0.05) is 6.92 Å². The second-order valence-corrected chi connectivity index (χ2v) is 4.52. The molecule has 1 N–H and O–H groups in total. The number of aromatic nitrogens is 1. The molecule has 0 aliphatic carbocycles. The molecular formula is C10H17ClN2OS. The number of rotatable bonds is 7. The second-order valence-electron chi connectivity index (χ2n) is 3.31. The number of alkyl halides is 1. The van der Waals surface area contributed by atoms with E-state index in [9.17, 15) is 0 Å². The van der Waals surface area contributed by atoms with Crippen LogP contribution in [0, 0.1) is 0 Å². The van der Waals surface area contributed by atoms with Gasteiger partial charge in [0.05, 0.1) is 18.1 Å². The monoisotopic (exact) mass is 248 g/mol. The van der Waals surface area contributed by atoms with E-state index in [1.165, 1.54) is 0 Å². The average Bonchev–Trinajstić information content (AvgIpc) is 2.71. The van der Waals surface area contributed by atoms with E-state index in [1.54, 1.807) is 11.3 Å². The molecule has 0 unspecified atom stereocenters. The van der Waals surface area contributed by atoms with Gasteiger partial charge in [-0.05, 0) is 13.0 Å². The zero-order valence-corrected chi connectivity index (χ0v) is 10.5. The van der Waals surface area contributed by atoms with Gasteiger partial charge in [0.15, 0.2) is 0 Å². The first kappa shape index (κ1) is 12.9. The highest BCUT2D eigenvalue weighted by molar-refractivity contribution is 7.09. The minimum atomic E-state index is 0.251. The normalized spacial score (nSPS) is 11.2. The van der Waals surface area contributed by atoms with E-state index in [2.05, 4.69) is 16.8 Å². The van der Waals surface area contributed by atoms with E-state index in [0.29, 0.717) is 5.88 Å². The lowest BCUT2D eigenvalue weighted by atomic mass is 10.4. The van der Waals surface area contributed by atoms with Crippen molar-refractivity contribution in [2.45, 2.75) is 25.8 Å². The number of aliphatic hydroxyl groups is 1. The molecule has 1 heterocycles. The van der Waals surface area contributed by atoms with Gasteiger partial charge in [-0.15, -0.1) is 22.9 Å². The highest BCUT2D eigenvalue weighted by atomic mass is 35.5. The molecule has 0 aliphatic heterocycles. The average molecular weight is 249 g/mol. The van der Waals surface area contributed by atoms with Crippen LogP contribution in [0.5, 0.6) is 0 Å². The summed E-state index contributed by atoms with van der Waals surface area (Å²) in [5.74, 6) is 0.485. The lowest BCUT2D eigenvalue weighted by molar-refractivity contribution is 0.225. The fourth-order valence-corrected chi connectivity index (χ4v) is 2.38. The Labute approximate surface area is 99.7 Å². The van der Waals surface area contributed by atoms with Crippen molar-refractivity contribution in [2.75, 3.05) is 19.7 Å². The molecule has 0 amide bonds. The van der Waals surface area contributed by atoms with Crippen molar-refractivity contribution in [1.82, 2.24) is 9.88 Å². The Morgan fingerprint density at radius 3 is 2.93 bits per heavy atom. The van der Waals surface area contributed by atoms with Crippen LogP contribution in [0.3, 0.4) is 0 Å². The van der Waals surface area contributed by atoms with Crippen molar-refractivity contribution in [3.8, 4) is 0 Å². The fraction of sp³-hybridized carbons (Fsp3) is 0.700. The van der Waals surface area contributed by atoms with Crippen LogP contribution in [0.4, 0.5) is 0 Å². The van der Waals surface area contributed by atoms with E-state index >= 15 is 0 Å². The SMILES string of the molecule is CCN(CCCO)Cc1nc(CCl)cs1. The fourth-order valence-electron chi connectivity index (χ4n) is 1.32. The summed E-state index contributed by atoms with van der Waals surface area (Å²) in [6.45, 7) is 5.13. The maximum Gasteiger partial charge on any atom is 0.107 e. The summed E-state index contributed by atoms with van der Waals surface area (Å²) < 4.78 is 0. The standard InChI is InChI=1S/C10H17ClN2OS/c1-2-13(4-3-5-14)7-10-12-9(6-11)8-15-10/h8,14H,2-7H2,1H3. The van der Waals surface area contributed by atoms with E-state index in [4.69, 9.17) is 16.7 Å². The molecule has 0 saturated heterocycles. The number of hydrogen-bond acceptors (Lipinski definition) is 4. The summed E-state index contributed by atoms with van der Waals surface area (Å²) in [5, 5.41) is 11.9. The smallest absolute Gasteiger partial charge is 0.107 e. The number of hydrogen-bond donors (Lipinski definition) is 1. The summed E-state index contributed by atoms with van der Waals surface area (Å²) in [6.07, 6.45) is 0.821. The van der Waals surface area contributed by atoms with Crippen molar-refractivity contribution < 1.29 is 5.11 Å². The van der Waals surface area contributed by atoms with Gasteiger partial charge < -0.3 is 5.11 Å². The molecule has 1 aromatic rings. The second kappa shape index (κ2) is 7.17. The number of aliphatic hydroxyl groups excluding tert-OH is 1. The summed E-state index contributed by atoms with van der Waals surface area (Å²) in [6, 6.07) is 0. The Morgan fingerprint density at radius 2 is 2.40 bits per heavy atom. The molecule has 0 aromatic carbocycles. The molecule has 0 saturated carbocycles. The molecular weight excluding hydrogens is 232 g/mol. The maximum atomic E-state index is 8.76. The highest BCUT2D eigenvalue weighted by Crippen LogP contribution is 2.13. The third-order valence-corrected chi connectivity index (χ3v) is 3.33. The van der Waals surface area contributed by atoms with Crippen molar-refractivity contribution in [2.24, 2.45) is 0 Å². The zero-order valence-electron chi connectivity index (χ0n) is 8.95. The first-order chi connectivity index (χ1) is 7.30. The number of nitrogens with zero attached hydrogens (tertiary/aromatic N) is 2. The van der Waals surface area contributed by atoms with Crippen molar-refractivity contribution in [1.29, 1.82) is 0 Å². The highest BCUT2D eigenvalue weighted by Gasteiger charge is 2.06. The van der Waals surface area contributed by atoms with Crippen molar-refractivity contribution in [3.05, 3.63) is 16.1 Å². The van der Waals surface area contributed by atoms with Gasteiger partial charge in [-0.2, -0.15) is 0 Å². The Morgan fingerprint density at radius 1 is 1.60 bits per heavy atom. The Hall–Kier alpha value is -0.160. The van der Waals surface area contributed by atoms with Crippen LogP contribution in [-0.2, 0) is 12.4 Å². The Kier molecular flexibility index (Phi) is 6.17. The summed E-state index contributed by atoms with van der Waals surface area (Å²) >= 11 is 7.34. The predicted molar refractivity (Wildman–Crippen MR) is 64.3 cm³/mol. The molecule has 0 aliphatic rings. The first-order valence-corrected chi connectivity index (χ1v) is 6.54. The quantitative estimate of drug-likeness (QED) is 0.751. The predicted octanol–water partition coefficient (Wildman–Crippen LogP) is 2.09. The Balaban J connectivity index is 2.43. The van der Waals surface area contributed by atoms with Crippen LogP contribution >= 0.6 is 22.9 Å². The molecule has 86 valence electrons. The van der Waals surface area contributed by atoms with Gasteiger partial charge in [0.2, 0.25) is 0 Å². The topological polar surface area (TPSA) is 36.4 Å². The van der Waals surface area contributed by atoms with Crippen LogP contribution in [0.25, 0.3) is 0 Å². The lowest BCUT2D eigenvalue weighted by Gasteiger charge is -2.17. The van der Waals surface area contributed by atoms with Crippen molar-refractivity contribution in [3.63, 3.8) is 0 Å². The molecule has 0 fully saturated rings. The van der Waals surface area contributed by atoms with E-state index in [1.807, 2.05) is 5.38 Å². The zero-order chi connectivity index (χ0) is 11.1. The molecule has 1 aromatic heterocycles. The van der Waals surface area contributed by atoms with Gasteiger partial charge in [-0.3, -0.25) is 4.90 Å². The molecule has 3 nitrogen and oxygen atoms in total. The van der Waals surface area contributed by atoms with E-state index in [-0.39, 0.29) is 6.61 Å². The lowest BCUT2D eigenvalue weighted by Crippen LogP contribution is -2.24. The van der Waals surface area contributed by atoms with Crippen LogP contribution in [0.2, 0.25) is 0 Å².